The lowest BCUT2D eigenvalue weighted by Crippen LogP contribution is -2.43. The minimum absolute atomic E-state index is 0.178. The van der Waals surface area contributed by atoms with Crippen molar-refractivity contribution < 1.29 is 24.2 Å². The Hall–Kier alpha value is -3.02. The van der Waals surface area contributed by atoms with Gasteiger partial charge in [-0.05, 0) is 50.5 Å². The molecule has 0 unspecified atom stereocenters. The van der Waals surface area contributed by atoms with E-state index in [0.29, 0.717) is 5.75 Å². The average molecular weight is 397 g/mol. The Morgan fingerprint density at radius 1 is 1.03 bits per heavy atom. The molecule has 1 aliphatic heterocycles. The van der Waals surface area contributed by atoms with Crippen molar-refractivity contribution in [1.82, 2.24) is 4.90 Å². The molecule has 0 aliphatic carbocycles. The third kappa shape index (κ3) is 5.73. The van der Waals surface area contributed by atoms with E-state index in [4.69, 9.17) is 9.47 Å². The highest BCUT2D eigenvalue weighted by molar-refractivity contribution is 5.81. The second-order valence-electron chi connectivity index (χ2n) is 8.27. The second-order valence-corrected chi connectivity index (χ2v) is 8.27. The number of amides is 1. The summed E-state index contributed by atoms with van der Waals surface area (Å²) in [6.45, 7) is 5.43. The molecular weight excluding hydrogens is 370 g/mol. The van der Waals surface area contributed by atoms with Crippen molar-refractivity contribution in [2.45, 2.75) is 51.4 Å². The summed E-state index contributed by atoms with van der Waals surface area (Å²) in [5, 5.41) is 9.49. The highest BCUT2D eigenvalue weighted by Gasteiger charge is 2.42. The number of aliphatic carboxylic acids is 1. The zero-order valence-corrected chi connectivity index (χ0v) is 17.0. The summed E-state index contributed by atoms with van der Waals surface area (Å²) < 4.78 is 11.3. The number of hydrogen-bond acceptors (Lipinski definition) is 4. The number of carbonyl (C=O) groups is 2. The first-order chi connectivity index (χ1) is 13.7. The third-order valence-corrected chi connectivity index (χ3v) is 4.65. The zero-order chi connectivity index (χ0) is 21.0. The van der Waals surface area contributed by atoms with E-state index in [1.165, 1.54) is 10.5 Å². The number of carbonyl (C=O) groups excluding carboxylic acids is 1. The van der Waals surface area contributed by atoms with Crippen LogP contribution in [0.5, 0.6) is 5.75 Å². The Labute approximate surface area is 171 Å². The number of ether oxygens (including phenoxy) is 2. The van der Waals surface area contributed by atoms with Crippen molar-refractivity contribution >= 4 is 12.1 Å². The Bertz CT molecular complexity index is 842. The molecule has 1 fully saturated rings. The van der Waals surface area contributed by atoms with Crippen LogP contribution in [0.1, 0.15) is 38.3 Å². The number of hydrogen-bond donors (Lipinski definition) is 1. The van der Waals surface area contributed by atoms with Gasteiger partial charge in [-0.25, -0.2) is 9.59 Å². The molecule has 1 amide bonds. The highest BCUT2D eigenvalue weighted by Crippen LogP contribution is 2.26. The molecule has 1 heterocycles. The summed E-state index contributed by atoms with van der Waals surface area (Å²) in [5.74, 6) is -0.401. The number of nitrogens with zero attached hydrogens (tertiary/aromatic N) is 1. The fourth-order valence-electron chi connectivity index (χ4n) is 3.35. The lowest BCUT2D eigenvalue weighted by Gasteiger charge is -2.26. The van der Waals surface area contributed by atoms with E-state index in [-0.39, 0.29) is 13.0 Å². The standard InChI is InChI=1S/C23H27NO5/c1-23(2,3)29-22(27)24-15-19(14-20(24)21(25)26)28-18-11-9-17(10-12-18)13-16-7-5-4-6-8-16/h4-12,19-20H,13-15H2,1-3H3,(H,25,26)/t19-,20-/m1/s1. The average Bonchev–Trinajstić information content (AvgIpc) is 3.07. The fourth-order valence-corrected chi connectivity index (χ4v) is 3.35. The maximum absolute atomic E-state index is 12.4. The lowest BCUT2D eigenvalue weighted by atomic mass is 10.1. The molecule has 0 spiro atoms. The smallest absolute Gasteiger partial charge is 0.411 e. The van der Waals surface area contributed by atoms with Crippen LogP contribution in [0.3, 0.4) is 0 Å². The first-order valence-corrected chi connectivity index (χ1v) is 9.73. The summed E-state index contributed by atoms with van der Waals surface area (Å²) in [5.41, 5.74) is 1.70. The van der Waals surface area contributed by atoms with E-state index >= 15 is 0 Å². The van der Waals surface area contributed by atoms with Crippen molar-refractivity contribution in [1.29, 1.82) is 0 Å². The van der Waals surface area contributed by atoms with Crippen LogP contribution in [0.25, 0.3) is 0 Å². The van der Waals surface area contributed by atoms with Crippen LogP contribution < -0.4 is 4.74 Å². The Kier molecular flexibility index (Phi) is 6.11. The van der Waals surface area contributed by atoms with Crippen LogP contribution in [0.4, 0.5) is 4.79 Å². The molecule has 0 aromatic heterocycles. The van der Waals surface area contributed by atoms with Gasteiger partial charge in [-0.3, -0.25) is 4.90 Å². The van der Waals surface area contributed by atoms with Gasteiger partial charge in [0, 0.05) is 6.42 Å². The monoisotopic (exact) mass is 397 g/mol. The van der Waals surface area contributed by atoms with E-state index < -0.39 is 29.8 Å². The largest absolute Gasteiger partial charge is 0.488 e. The van der Waals surface area contributed by atoms with Crippen molar-refractivity contribution in [2.75, 3.05) is 6.54 Å². The van der Waals surface area contributed by atoms with Gasteiger partial charge in [-0.1, -0.05) is 42.5 Å². The maximum atomic E-state index is 12.4. The van der Waals surface area contributed by atoms with E-state index in [2.05, 4.69) is 12.1 Å². The Morgan fingerprint density at radius 2 is 1.66 bits per heavy atom. The van der Waals surface area contributed by atoms with E-state index in [0.717, 1.165) is 12.0 Å². The summed E-state index contributed by atoms with van der Waals surface area (Å²) in [4.78, 5) is 25.2. The first kappa shape index (κ1) is 20.7. The van der Waals surface area contributed by atoms with E-state index in [1.54, 1.807) is 20.8 Å². The molecule has 1 aliphatic rings. The number of benzene rings is 2. The van der Waals surface area contributed by atoms with Crippen molar-refractivity contribution in [3.8, 4) is 5.75 Å². The molecule has 2 aromatic carbocycles. The topological polar surface area (TPSA) is 76.1 Å². The SMILES string of the molecule is CC(C)(C)OC(=O)N1C[C@H](Oc2ccc(Cc3ccccc3)cc2)C[C@@H]1C(=O)O. The van der Waals surface area contributed by atoms with Gasteiger partial charge in [0.15, 0.2) is 0 Å². The first-order valence-electron chi connectivity index (χ1n) is 9.73. The minimum Gasteiger partial charge on any atom is -0.488 e. The van der Waals surface area contributed by atoms with Crippen LogP contribution in [-0.4, -0.2) is 46.4 Å². The number of likely N-dealkylation sites (tertiary alicyclic amines) is 1. The summed E-state index contributed by atoms with van der Waals surface area (Å²) >= 11 is 0. The molecule has 0 saturated carbocycles. The van der Waals surface area contributed by atoms with E-state index in [9.17, 15) is 14.7 Å². The molecular formula is C23H27NO5. The molecule has 0 bridgehead atoms. The summed E-state index contributed by atoms with van der Waals surface area (Å²) in [7, 11) is 0. The van der Waals surface area contributed by atoms with E-state index in [1.807, 2.05) is 42.5 Å². The van der Waals surface area contributed by atoms with Gasteiger partial charge in [0.1, 0.15) is 23.5 Å². The summed E-state index contributed by atoms with van der Waals surface area (Å²) in [6, 6.07) is 17.0. The minimum atomic E-state index is -1.06. The van der Waals surface area contributed by atoms with Crippen LogP contribution in [0.15, 0.2) is 54.6 Å². The van der Waals surface area contributed by atoms with Crippen LogP contribution in [-0.2, 0) is 16.0 Å². The van der Waals surface area contributed by atoms with Gasteiger partial charge >= 0.3 is 12.1 Å². The van der Waals surface area contributed by atoms with Gasteiger partial charge < -0.3 is 14.6 Å². The van der Waals surface area contributed by atoms with Gasteiger partial charge in [-0.15, -0.1) is 0 Å². The second kappa shape index (κ2) is 8.55. The van der Waals surface area contributed by atoms with Crippen LogP contribution in [0, 0.1) is 0 Å². The van der Waals surface area contributed by atoms with Crippen molar-refractivity contribution in [3.63, 3.8) is 0 Å². The van der Waals surface area contributed by atoms with Crippen molar-refractivity contribution in [2.24, 2.45) is 0 Å². The number of carboxylic acids is 1. The molecule has 0 radical (unpaired) electrons. The van der Waals surface area contributed by atoms with Gasteiger partial charge in [-0.2, -0.15) is 0 Å². The molecule has 154 valence electrons. The summed E-state index contributed by atoms with van der Waals surface area (Å²) in [6.07, 6.45) is 0.0242. The number of rotatable bonds is 5. The predicted octanol–water partition coefficient (Wildman–Crippen LogP) is 4.12. The normalized spacial score (nSPS) is 19.1. The van der Waals surface area contributed by atoms with Gasteiger partial charge in [0.2, 0.25) is 0 Å². The predicted molar refractivity (Wildman–Crippen MR) is 109 cm³/mol. The third-order valence-electron chi connectivity index (χ3n) is 4.65. The fraction of sp³-hybridized carbons (Fsp3) is 0.391. The highest BCUT2D eigenvalue weighted by atomic mass is 16.6. The molecule has 1 saturated heterocycles. The molecule has 29 heavy (non-hydrogen) atoms. The maximum Gasteiger partial charge on any atom is 0.411 e. The Morgan fingerprint density at radius 3 is 2.24 bits per heavy atom. The molecule has 6 heteroatoms. The van der Waals surface area contributed by atoms with Crippen LogP contribution >= 0.6 is 0 Å². The number of carboxylic acid groups (broad SMARTS) is 1. The Balaban J connectivity index is 1.62. The zero-order valence-electron chi connectivity index (χ0n) is 17.0. The van der Waals surface area contributed by atoms with Crippen molar-refractivity contribution in [3.05, 3.63) is 65.7 Å². The lowest BCUT2D eigenvalue weighted by molar-refractivity contribution is -0.142. The van der Waals surface area contributed by atoms with Gasteiger partial charge in [0.25, 0.3) is 0 Å². The molecule has 6 nitrogen and oxygen atoms in total. The molecule has 3 rings (SSSR count). The molecule has 2 atom stereocenters. The molecule has 1 N–H and O–H groups in total. The van der Waals surface area contributed by atoms with Gasteiger partial charge in [0.05, 0.1) is 6.54 Å². The molecule has 2 aromatic rings. The quantitative estimate of drug-likeness (QED) is 0.821. The van der Waals surface area contributed by atoms with Crippen LogP contribution in [0.2, 0.25) is 0 Å².